The second-order valence-electron chi connectivity index (χ2n) is 12.3. The van der Waals surface area contributed by atoms with Gasteiger partial charge in [0.05, 0.1) is 12.1 Å². The van der Waals surface area contributed by atoms with Crippen LogP contribution in [0.3, 0.4) is 0 Å². The number of nitrogens with one attached hydrogen (secondary N) is 1. The van der Waals surface area contributed by atoms with Crippen molar-refractivity contribution in [2.75, 3.05) is 38.7 Å². The van der Waals surface area contributed by atoms with Crippen molar-refractivity contribution in [2.24, 2.45) is 5.73 Å². The van der Waals surface area contributed by atoms with Crippen molar-refractivity contribution in [3.63, 3.8) is 0 Å². The molecule has 240 valence electrons. The van der Waals surface area contributed by atoms with Gasteiger partial charge in [-0.25, -0.2) is 9.37 Å². The van der Waals surface area contributed by atoms with E-state index in [0.29, 0.717) is 31.6 Å². The van der Waals surface area contributed by atoms with Crippen LogP contribution in [0.2, 0.25) is 0 Å². The topological polar surface area (TPSA) is 106 Å². The number of aliphatic hydroxyl groups excluding tert-OH is 1. The first kappa shape index (κ1) is 32.6. The first-order valence-corrected chi connectivity index (χ1v) is 16.0. The number of methoxy groups -OCH3 is 1. The Morgan fingerprint density at radius 3 is 2.67 bits per heavy atom. The van der Waals surface area contributed by atoms with E-state index in [9.17, 15) is 9.90 Å². The van der Waals surface area contributed by atoms with E-state index in [-0.39, 0.29) is 42.8 Å². The highest BCUT2D eigenvalue weighted by Gasteiger charge is 2.30. The molecule has 1 aliphatic rings. The molecule has 1 aliphatic heterocycles. The summed E-state index contributed by atoms with van der Waals surface area (Å²) in [5.74, 6) is 0.724. The second kappa shape index (κ2) is 15.0. The standard InChI is InChI=1S/C36H46FN5O3/c1-24(23-43)40-33-15-14-28(21-39-33)27-12-10-26(11-13-27)19-30(38)20-34(44)41-16-5-7-29(22-41)35-25(2)31-8-4-9-32(37)36(31)42(35)17-6-18-45-3/h4,8-15,21,24,29-30,43H,5-7,16-20,22-23,38H2,1-3H3,(H,39,40). The average molecular weight is 616 g/mol. The normalized spacial score (nSPS) is 16.6. The Bertz CT molecular complexity index is 1570. The lowest BCUT2D eigenvalue weighted by Gasteiger charge is -2.34. The lowest BCUT2D eigenvalue weighted by molar-refractivity contribution is -0.132. The first-order valence-electron chi connectivity index (χ1n) is 16.0. The molecule has 0 bridgehead atoms. The smallest absolute Gasteiger partial charge is 0.224 e. The predicted octanol–water partition coefficient (Wildman–Crippen LogP) is 5.65. The van der Waals surface area contributed by atoms with Gasteiger partial charge in [-0.1, -0.05) is 36.4 Å². The zero-order valence-electron chi connectivity index (χ0n) is 26.6. The van der Waals surface area contributed by atoms with Gasteiger partial charge >= 0.3 is 0 Å². The number of aliphatic hydroxyl groups is 1. The fourth-order valence-corrected chi connectivity index (χ4v) is 6.62. The first-order chi connectivity index (χ1) is 21.8. The molecule has 45 heavy (non-hydrogen) atoms. The van der Waals surface area contributed by atoms with E-state index in [4.69, 9.17) is 10.5 Å². The molecular formula is C36H46FN5O3. The van der Waals surface area contributed by atoms with Crippen molar-refractivity contribution >= 4 is 22.6 Å². The molecule has 3 heterocycles. The molecule has 2 aromatic heterocycles. The summed E-state index contributed by atoms with van der Waals surface area (Å²) in [7, 11) is 1.68. The number of halogens is 1. The van der Waals surface area contributed by atoms with E-state index in [2.05, 4.69) is 46.1 Å². The molecule has 3 atom stereocenters. The predicted molar refractivity (Wildman–Crippen MR) is 178 cm³/mol. The number of aromatic nitrogens is 2. The number of fused-ring (bicyclic) bond motifs is 1. The Balaban J connectivity index is 1.21. The fraction of sp³-hybridized carbons (Fsp3) is 0.444. The molecule has 0 aliphatic carbocycles. The molecular weight excluding hydrogens is 569 g/mol. The zero-order chi connectivity index (χ0) is 31.9. The third-order valence-corrected chi connectivity index (χ3v) is 8.88. The van der Waals surface area contributed by atoms with Gasteiger partial charge in [0.15, 0.2) is 0 Å². The number of rotatable bonds is 13. The minimum atomic E-state index is -0.291. The van der Waals surface area contributed by atoms with E-state index in [1.807, 2.05) is 36.2 Å². The fourth-order valence-electron chi connectivity index (χ4n) is 6.62. The van der Waals surface area contributed by atoms with Crippen molar-refractivity contribution in [1.29, 1.82) is 0 Å². The number of carbonyl (C=O) groups excluding carboxylic acids is 1. The molecule has 4 N–H and O–H groups in total. The monoisotopic (exact) mass is 615 g/mol. The summed E-state index contributed by atoms with van der Waals surface area (Å²) < 4.78 is 22.5. The number of pyridine rings is 1. The minimum Gasteiger partial charge on any atom is -0.394 e. The van der Waals surface area contributed by atoms with Crippen molar-refractivity contribution in [3.05, 3.63) is 83.4 Å². The number of piperidine rings is 1. The number of ether oxygens (including phenoxy) is 1. The van der Waals surface area contributed by atoms with Gasteiger partial charge in [-0.2, -0.15) is 0 Å². The Hall–Kier alpha value is -3.79. The van der Waals surface area contributed by atoms with E-state index >= 15 is 4.39 Å². The number of hydrogen-bond donors (Lipinski definition) is 3. The summed E-state index contributed by atoms with van der Waals surface area (Å²) in [6.45, 7) is 6.63. The third-order valence-electron chi connectivity index (χ3n) is 8.88. The number of likely N-dealkylation sites (tertiary alicyclic amines) is 1. The Morgan fingerprint density at radius 1 is 1.18 bits per heavy atom. The van der Waals surface area contributed by atoms with Crippen LogP contribution in [-0.4, -0.2) is 71.0 Å². The number of carbonyl (C=O) groups is 1. The molecule has 0 saturated carbocycles. The molecule has 9 heteroatoms. The molecule has 4 aromatic rings. The van der Waals surface area contributed by atoms with E-state index in [0.717, 1.165) is 65.0 Å². The number of nitrogens with two attached hydrogens (primary N) is 1. The van der Waals surface area contributed by atoms with Crippen molar-refractivity contribution in [3.8, 4) is 11.1 Å². The molecule has 5 rings (SSSR count). The number of para-hydroxylation sites is 1. The zero-order valence-corrected chi connectivity index (χ0v) is 26.6. The van der Waals surface area contributed by atoms with Crippen LogP contribution in [0, 0.1) is 12.7 Å². The van der Waals surface area contributed by atoms with Gasteiger partial charge in [-0.05, 0) is 74.4 Å². The lowest BCUT2D eigenvalue weighted by atomic mass is 9.91. The van der Waals surface area contributed by atoms with Crippen LogP contribution >= 0.6 is 0 Å². The van der Waals surface area contributed by atoms with Crippen LogP contribution in [0.25, 0.3) is 22.0 Å². The number of anilines is 1. The van der Waals surface area contributed by atoms with Crippen LogP contribution in [0.1, 0.15) is 55.3 Å². The second-order valence-corrected chi connectivity index (χ2v) is 12.3. The number of nitrogens with zero attached hydrogens (tertiary/aromatic N) is 3. The van der Waals surface area contributed by atoms with Crippen LogP contribution < -0.4 is 11.1 Å². The van der Waals surface area contributed by atoms with E-state index in [1.165, 1.54) is 6.07 Å². The van der Waals surface area contributed by atoms with Crippen molar-refractivity contribution < 1.29 is 19.0 Å². The van der Waals surface area contributed by atoms with Gasteiger partial charge in [-0.3, -0.25) is 4.79 Å². The molecule has 0 spiro atoms. The Morgan fingerprint density at radius 2 is 1.96 bits per heavy atom. The Labute approximate surface area is 265 Å². The van der Waals surface area contributed by atoms with Gasteiger partial charge in [0.25, 0.3) is 0 Å². The maximum absolute atomic E-state index is 15.1. The summed E-state index contributed by atoms with van der Waals surface area (Å²) in [5, 5.41) is 13.3. The third kappa shape index (κ3) is 7.72. The van der Waals surface area contributed by atoms with Gasteiger partial charge in [0, 0.05) is 80.6 Å². The summed E-state index contributed by atoms with van der Waals surface area (Å²) in [6, 6.07) is 17.1. The molecule has 1 amide bonds. The molecule has 3 unspecified atom stereocenters. The van der Waals surface area contributed by atoms with Crippen LogP contribution in [0.15, 0.2) is 60.8 Å². The summed E-state index contributed by atoms with van der Waals surface area (Å²) in [6.07, 6.45) is 5.36. The molecule has 0 radical (unpaired) electrons. The average Bonchev–Trinajstić information content (AvgIpc) is 3.34. The minimum absolute atomic E-state index is 0.0428. The van der Waals surface area contributed by atoms with Gasteiger partial charge in [0.2, 0.25) is 5.91 Å². The van der Waals surface area contributed by atoms with Crippen molar-refractivity contribution in [1.82, 2.24) is 14.5 Å². The highest BCUT2D eigenvalue weighted by atomic mass is 19.1. The summed E-state index contributed by atoms with van der Waals surface area (Å²) in [4.78, 5) is 19.9. The number of aryl methyl sites for hydroxylation is 2. The van der Waals surface area contributed by atoms with Crippen molar-refractivity contribution in [2.45, 2.75) is 70.5 Å². The molecule has 8 nitrogen and oxygen atoms in total. The van der Waals surface area contributed by atoms with E-state index < -0.39 is 0 Å². The SMILES string of the molecule is COCCCn1c(C2CCCN(C(=O)CC(N)Cc3ccc(-c4ccc(NC(C)CO)nc4)cc3)C2)c(C)c2cccc(F)c21. The van der Waals surface area contributed by atoms with Gasteiger partial charge < -0.3 is 30.4 Å². The summed E-state index contributed by atoms with van der Waals surface area (Å²) in [5.41, 5.74) is 12.5. The van der Waals surface area contributed by atoms with Crippen LogP contribution in [0.5, 0.6) is 0 Å². The Kier molecular flexibility index (Phi) is 10.9. The highest BCUT2D eigenvalue weighted by molar-refractivity contribution is 5.86. The lowest BCUT2D eigenvalue weighted by Crippen LogP contribution is -2.42. The highest BCUT2D eigenvalue weighted by Crippen LogP contribution is 2.37. The maximum atomic E-state index is 15.1. The molecule has 2 aromatic carbocycles. The van der Waals surface area contributed by atoms with Crippen LogP contribution in [0.4, 0.5) is 10.2 Å². The number of hydrogen-bond acceptors (Lipinski definition) is 6. The maximum Gasteiger partial charge on any atom is 0.224 e. The van der Waals surface area contributed by atoms with Gasteiger partial charge in [-0.15, -0.1) is 0 Å². The van der Waals surface area contributed by atoms with Gasteiger partial charge in [0.1, 0.15) is 11.6 Å². The number of amides is 1. The quantitative estimate of drug-likeness (QED) is 0.168. The molecule has 1 fully saturated rings. The van der Waals surface area contributed by atoms with Crippen LogP contribution in [-0.2, 0) is 22.5 Å². The summed E-state index contributed by atoms with van der Waals surface area (Å²) >= 11 is 0. The molecule has 1 saturated heterocycles. The van der Waals surface area contributed by atoms with E-state index in [1.54, 1.807) is 13.2 Å². The number of benzene rings is 2. The largest absolute Gasteiger partial charge is 0.394 e.